The molecule has 19 heavy (non-hydrogen) atoms. The minimum absolute atomic E-state index is 0.176. The van der Waals surface area contributed by atoms with Gasteiger partial charge in [-0.3, -0.25) is 5.32 Å². The first-order valence-electron chi connectivity index (χ1n) is 5.86. The van der Waals surface area contributed by atoms with Crippen LogP contribution in [0.25, 0.3) is 0 Å². The van der Waals surface area contributed by atoms with E-state index in [1.807, 2.05) is 0 Å². The monoisotopic (exact) mass is 300 g/mol. The number of halogens is 5. The van der Waals surface area contributed by atoms with Crippen molar-refractivity contribution in [1.29, 1.82) is 0 Å². The Morgan fingerprint density at radius 2 is 2.16 bits per heavy atom. The molecule has 2 nitrogen and oxygen atoms in total. The lowest BCUT2D eigenvalue weighted by Gasteiger charge is -2.23. The van der Waals surface area contributed by atoms with E-state index >= 15 is 0 Å². The Balaban J connectivity index is 2.04. The number of hydrogen-bond acceptors (Lipinski definition) is 3. The predicted octanol–water partition coefficient (Wildman–Crippen LogP) is 4.00. The van der Waals surface area contributed by atoms with Crippen molar-refractivity contribution in [1.82, 2.24) is 10.3 Å². The fourth-order valence-corrected chi connectivity index (χ4v) is 2.96. The first kappa shape index (κ1) is 14.6. The molecule has 1 N–H and O–H groups in total. The minimum Gasteiger partial charge on any atom is -0.300 e. The van der Waals surface area contributed by atoms with Gasteiger partial charge in [0.15, 0.2) is 5.69 Å². The number of alkyl halides is 5. The van der Waals surface area contributed by atoms with Crippen molar-refractivity contribution in [2.24, 2.45) is 0 Å². The van der Waals surface area contributed by atoms with Gasteiger partial charge < -0.3 is 0 Å². The van der Waals surface area contributed by atoms with E-state index in [1.165, 1.54) is 0 Å². The van der Waals surface area contributed by atoms with Gasteiger partial charge in [-0.25, -0.2) is 13.8 Å². The highest BCUT2D eigenvalue weighted by molar-refractivity contribution is 7.09. The van der Waals surface area contributed by atoms with Crippen LogP contribution in [0, 0.1) is 0 Å². The molecule has 1 aromatic rings. The Morgan fingerprint density at radius 1 is 1.47 bits per heavy atom. The average Bonchev–Trinajstić information content (AvgIpc) is 2.85. The number of rotatable bonds is 3. The minimum atomic E-state index is -4.49. The van der Waals surface area contributed by atoms with E-state index in [0.29, 0.717) is 12.8 Å². The Hall–Kier alpha value is -0.760. The highest BCUT2D eigenvalue weighted by Gasteiger charge is 2.44. The molecule has 0 spiro atoms. The second-order valence-electron chi connectivity index (χ2n) is 4.66. The van der Waals surface area contributed by atoms with Gasteiger partial charge in [-0.05, 0) is 19.8 Å². The van der Waals surface area contributed by atoms with E-state index in [4.69, 9.17) is 0 Å². The second-order valence-corrected chi connectivity index (χ2v) is 5.55. The van der Waals surface area contributed by atoms with Crippen molar-refractivity contribution in [2.75, 3.05) is 0 Å². The molecule has 2 rings (SSSR count). The first-order valence-corrected chi connectivity index (χ1v) is 6.74. The molecular weight excluding hydrogens is 287 g/mol. The Kier molecular flexibility index (Phi) is 3.83. The van der Waals surface area contributed by atoms with E-state index in [9.17, 15) is 22.0 Å². The van der Waals surface area contributed by atoms with Crippen LogP contribution in [0.5, 0.6) is 0 Å². The van der Waals surface area contributed by atoms with Gasteiger partial charge in [0.1, 0.15) is 5.01 Å². The quantitative estimate of drug-likeness (QED) is 0.853. The van der Waals surface area contributed by atoms with Gasteiger partial charge in [0.2, 0.25) is 0 Å². The molecule has 0 aromatic carbocycles. The average molecular weight is 300 g/mol. The Morgan fingerprint density at radius 3 is 2.63 bits per heavy atom. The van der Waals surface area contributed by atoms with Crippen molar-refractivity contribution in [2.45, 2.75) is 50.4 Å². The molecule has 1 saturated carbocycles. The van der Waals surface area contributed by atoms with Gasteiger partial charge in [0.05, 0.1) is 12.1 Å². The van der Waals surface area contributed by atoms with Gasteiger partial charge >= 0.3 is 6.18 Å². The van der Waals surface area contributed by atoms with Crippen molar-refractivity contribution in [3.05, 3.63) is 16.1 Å². The third-order valence-corrected chi connectivity index (χ3v) is 4.17. The molecule has 2 unspecified atom stereocenters. The zero-order valence-corrected chi connectivity index (χ0v) is 10.9. The van der Waals surface area contributed by atoms with Crippen LogP contribution >= 0.6 is 11.3 Å². The molecule has 1 heterocycles. The summed E-state index contributed by atoms with van der Waals surface area (Å²) in [5, 5.41) is 3.76. The fourth-order valence-electron chi connectivity index (χ4n) is 2.12. The van der Waals surface area contributed by atoms with Crippen LogP contribution in [0.3, 0.4) is 0 Å². The van der Waals surface area contributed by atoms with E-state index in [-0.39, 0.29) is 11.4 Å². The van der Waals surface area contributed by atoms with Crippen LogP contribution in [0.1, 0.15) is 42.9 Å². The second kappa shape index (κ2) is 4.97. The molecule has 1 aliphatic carbocycles. The number of thiazole rings is 1. The largest absolute Gasteiger partial charge is 0.434 e. The number of nitrogens with one attached hydrogen (secondary N) is 1. The van der Waals surface area contributed by atoms with Crippen molar-refractivity contribution in [3.63, 3.8) is 0 Å². The maximum atomic E-state index is 13.4. The van der Waals surface area contributed by atoms with E-state index in [2.05, 4.69) is 10.3 Å². The highest BCUT2D eigenvalue weighted by Crippen LogP contribution is 2.37. The predicted molar refractivity (Wildman–Crippen MR) is 61.3 cm³/mol. The molecule has 0 amide bonds. The van der Waals surface area contributed by atoms with E-state index in [0.717, 1.165) is 16.7 Å². The summed E-state index contributed by atoms with van der Waals surface area (Å²) in [6, 6.07) is -1.60. The summed E-state index contributed by atoms with van der Waals surface area (Å²) in [4.78, 5) is 3.46. The van der Waals surface area contributed by atoms with Gasteiger partial charge in [0.25, 0.3) is 5.92 Å². The summed E-state index contributed by atoms with van der Waals surface area (Å²) in [7, 11) is 0. The summed E-state index contributed by atoms with van der Waals surface area (Å²) in [6.45, 7) is 1.55. The van der Waals surface area contributed by atoms with Crippen LogP contribution in [-0.2, 0) is 6.18 Å². The zero-order chi connectivity index (χ0) is 14.3. The third kappa shape index (κ3) is 3.22. The topological polar surface area (TPSA) is 24.9 Å². The van der Waals surface area contributed by atoms with Crippen molar-refractivity contribution >= 4 is 11.3 Å². The Labute approximate surface area is 111 Å². The fraction of sp³-hybridized carbons (Fsp3) is 0.727. The summed E-state index contributed by atoms with van der Waals surface area (Å²) in [5.41, 5.74) is -0.973. The maximum Gasteiger partial charge on any atom is 0.434 e. The van der Waals surface area contributed by atoms with Gasteiger partial charge in [-0.15, -0.1) is 11.3 Å². The molecule has 2 atom stereocenters. The lowest BCUT2D eigenvalue weighted by Crippen LogP contribution is -2.41. The smallest absolute Gasteiger partial charge is 0.300 e. The van der Waals surface area contributed by atoms with Crippen molar-refractivity contribution < 1.29 is 22.0 Å². The van der Waals surface area contributed by atoms with Gasteiger partial charge in [0, 0.05) is 11.8 Å². The molecule has 0 radical (unpaired) electrons. The lowest BCUT2D eigenvalue weighted by atomic mass is 10.2. The highest BCUT2D eigenvalue weighted by atomic mass is 32.1. The summed E-state index contributed by atoms with van der Waals surface area (Å²) in [5.74, 6) is -2.79. The van der Waals surface area contributed by atoms with Crippen LogP contribution in [0.2, 0.25) is 0 Å². The number of hydrogen-bond donors (Lipinski definition) is 1. The van der Waals surface area contributed by atoms with Gasteiger partial charge in [-0.1, -0.05) is 0 Å². The van der Waals surface area contributed by atoms with Crippen molar-refractivity contribution in [3.8, 4) is 0 Å². The molecule has 1 aliphatic rings. The molecule has 1 fully saturated rings. The third-order valence-electron chi connectivity index (χ3n) is 3.15. The van der Waals surface area contributed by atoms with Crippen LogP contribution in [0.15, 0.2) is 5.38 Å². The van der Waals surface area contributed by atoms with E-state index < -0.39 is 29.9 Å². The molecule has 0 saturated heterocycles. The lowest BCUT2D eigenvalue weighted by molar-refractivity contribution is -0.140. The van der Waals surface area contributed by atoms with Gasteiger partial charge in [-0.2, -0.15) is 13.2 Å². The summed E-state index contributed by atoms with van der Waals surface area (Å²) >= 11 is 0.830. The number of aromatic nitrogens is 1. The van der Waals surface area contributed by atoms with Crippen LogP contribution in [-0.4, -0.2) is 16.9 Å². The van der Waals surface area contributed by atoms with E-state index in [1.54, 1.807) is 6.92 Å². The summed E-state index contributed by atoms with van der Waals surface area (Å²) in [6.07, 6.45) is -3.92. The molecule has 0 aliphatic heterocycles. The molecule has 8 heteroatoms. The van der Waals surface area contributed by atoms with Crippen LogP contribution in [0.4, 0.5) is 22.0 Å². The Bertz CT molecular complexity index is 443. The number of nitrogens with zero attached hydrogens (tertiary/aromatic N) is 1. The molecular formula is C11H13F5N2S. The molecule has 1 aromatic heterocycles. The SMILES string of the molecule is CC(NC1CCCC1(F)F)c1nc(C(F)(F)F)cs1. The summed E-state index contributed by atoms with van der Waals surface area (Å²) < 4.78 is 64.0. The standard InChI is InChI=1S/C11H13F5N2S/c1-6(17-7-3-2-4-10(7,12)13)9-18-8(5-19-9)11(14,15)16/h5-7,17H,2-4H2,1H3. The molecule has 108 valence electrons. The zero-order valence-electron chi connectivity index (χ0n) is 10.1. The van der Waals surface area contributed by atoms with Crippen LogP contribution < -0.4 is 5.32 Å². The maximum absolute atomic E-state index is 13.4. The molecule has 0 bridgehead atoms. The normalized spacial score (nSPS) is 24.6. The first-order chi connectivity index (χ1) is 8.70.